The Labute approximate surface area is 134 Å². The fourth-order valence-corrected chi connectivity index (χ4v) is 2.88. The smallest absolute Gasteiger partial charge is 0.269 e. The van der Waals surface area contributed by atoms with E-state index < -0.39 is 0 Å². The highest BCUT2D eigenvalue weighted by Gasteiger charge is 2.18. The lowest BCUT2D eigenvalue weighted by molar-refractivity contribution is 0.0840. The van der Waals surface area contributed by atoms with E-state index in [0.717, 1.165) is 27.7 Å². The molecule has 0 saturated heterocycles. The van der Waals surface area contributed by atoms with Crippen LogP contribution in [0.25, 0.3) is 10.9 Å². The second-order valence-electron chi connectivity index (χ2n) is 5.52. The molecule has 0 spiro atoms. The van der Waals surface area contributed by atoms with Crippen molar-refractivity contribution in [3.05, 3.63) is 65.4 Å². The van der Waals surface area contributed by atoms with Crippen molar-refractivity contribution >= 4 is 16.8 Å². The molecule has 118 valence electrons. The van der Waals surface area contributed by atoms with Gasteiger partial charge < -0.3 is 9.84 Å². The second-order valence-corrected chi connectivity index (χ2v) is 5.52. The summed E-state index contributed by atoms with van der Waals surface area (Å²) in [6.07, 6.45) is 0. The van der Waals surface area contributed by atoms with E-state index in [9.17, 15) is 9.90 Å². The van der Waals surface area contributed by atoms with Gasteiger partial charge in [-0.05, 0) is 31.5 Å². The van der Waals surface area contributed by atoms with Gasteiger partial charge in [0.25, 0.3) is 5.91 Å². The van der Waals surface area contributed by atoms with E-state index in [1.54, 1.807) is 4.57 Å². The molecular formula is C19H19NO3. The molecule has 0 bridgehead atoms. The molecule has 0 atom stereocenters. The summed E-state index contributed by atoms with van der Waals surface area (Å²) in [5.74, 6) is 0.555. The molecule has 1 heterocycles. The lowest BCUT2D eigenvalue weighted by atomic mass is 10.1. The first-order valence-electron chi connectivity index (χ1n) is 7.55. The number of nitrogens with zero attached hydrogens (tertiary/aromatic N) is 1. The molecular weight excluding hydrogens is 290 g/mol. The second kappa shape index (κ2) is 6.26. The van der Waals surface area contributed by atoms with Crippen LogP contribution in [0.4, 0.5) is 0 Å². The van der Waals surface area contributed by atoms with Gasteiger partial charge in [0.1, 0.15) is 5.75 Å². The van der Waals surface area contributed by atoms with Gasteiger partial charge in [-0.3, -0.25) is 9.36 Å². The number of aliphatic hydroxyl groups excluding tert-OH is 1. The van der Waals surface area contributed by atoms with E-state index in [1.165, 1.54) is 0 Å². The van der Waals surface area contributed by atoms with Crippen molar-refractivity contribution in [2.75, 3.05) is 6.61 Å². The number of aliphatic hydroxyl groups is 1. The minimum Gasteiger partial charge on any atom is -0.483 e. The molecule has 4 nitrogen and oxygen atoms in total. The zero-order chi connectivity index (χ0) is 16.4. The Balaban J connectivity index is 1.92. The summed E-state index contributed by atoms with van der Waals surface area (Å²) in [4.78, 5) is 12.6. The van der Waals surface area contributed by atoms with Gasteiger partial charge in [0, 0.05) is 16.6 Å². The molecule has 0 aliphatic rings. The summed E-state index contributed by atoms with van der Waals surface area (Å²) in [6.45, 7) is 3.65. The maximum Gasteiger partial charge on any atom is 0.269 e. The molecule has 3 rings (SSSR count). The summed E-state index contributed by atoms with van der Waals surface area (Å²) in [7, 11) is 0. The molecule has 0 amide bonds. The minimum atomic E-state index is -0.151. The number of carbonyl (C=O) groups is 1. The minimum absolute atomic E-state index is 0.0464. The van der Waals surface area contributed by atoms with E-state index in [0.29, 0.717) is 5.75 Å². The molecule has 0 radical (unpaired) electrons. The Morgan fingerprint density at radius 1 is 1.09 bits per heavy atom. The first-order chi connectivity index (χ1) is 11.1. The molecule has 2 aromatic carbocycles. The number of carbonyl (C=O) groups excluding carboxylic acids is 1. The molecule has 1 N–H and O–H groups in total. The number of benzene rings is 2. The highest BCUT2D eigenvalue weighted by Crippen LogP contribution is 2.26. The van der Waals surface area contributed by atoms with E-state index in [2.05, 4.69) is 0 Å². The number of hydrogen-bond donors (Lipinski definition) is 1. The van der Waals surface area contributed by atoms with Gasteiger partial charge in [0.15, 0.2) is 6.61 Å². The Kier molecular flexibility index (Phi) is 4.17. The number of ether oxygens (including phenoxy) is 1. The summed E-state index contributed by atoms with van der Waals surface area (Å²) < 4.78 is 7.29. The maximum atomic E-state index is 12.6. The first kappa shape index (κ1) is 15.3. The van der Waals surface area contributed by atoms with Crippen molar-refractivity contribution in [2.45, 2.75) is 20.5 Å². The van der Waals surface area contributed by atoms with Crippen LogP contribution in [0, 0.1) is 13.8 Å². The zero-order valence-corrected chi connectivity index (χ0v) is 13.2. The molecule has 0 aliphatic carbocycles. The highest BCUT2D eigenvalue weighted by molar-refractivity contribution is 5.96. The molecule has 1 aromatic heterocycles. The number of rotatable bonds is 4. The number of aromatic nitrogens is 1. The van der Waals surface area contributed by atoms with Crippen LogP contribution >= 0.6 is 0 Å². The average molecular weight is 309 g/mol. The number of aryl methyl sites for hydroxylation is 1. The van der Waals surface area contributed by atoms with Gasteiger partial charge in [0.2, 0.25) is 0 Å². The van der Waals surface area contributed by atoms with Gasteiger partial charge in [0.05, 0.1) is 12.1 Å². The average Bonchev–Trinajstić information content (AvgIpc) is 2.85. The van der Waals surface area contributed by atoms with E-state index in [1.807, 2.05) is 62.4 Å². The Bertz CT molecular complexity index is 864. The van der Waals surface area contributed by atoms with E-state index in [4.69, 9.17) is 4.74 Å². The van der Waals surface area contributed by atoms with Crippen LogP contribution in [-0.2, 0) is 6.61 Å². The quantitative estimate of drug-likeness (QED) is 0.803. The molecule has 0 saturated carbocycles. The van der Waals surface area contributed by atoms with Crippen molar-refractivity contribution in [1.82, 2.24) is 4.57 Å². The number of para-hydroxylation sites is 2. The Morgan fingerprint density at radius 2 is 1.78 bits per heavy atom. The van der Waals surface area contributed by atoms with Crippen LogP contribution in [-0.4, -0.2) is 22.2 Å². The summed E-state index contributed by atoms with van der Waals surface area (Å²) in [5.41, 5.74) is 3.33. The molecule has 0 unspecified atom stereocenters. The molecule has 23 heavy (non-hydrogen) atoms. The van der Waals surface area contributed by atoms with Gasteiger partial charge in [-0.2, -0.15) is 0 Å². The van der Waals surface area contributed by atoms with E-state index in [-0.39, 0.29) is 19.1 Å². The zero-order valence-electron chi connectivity index (χ0n) is 13.2. The van der Waals surface area contributed by atoms with Crippen LogP contribution in [0.5, 0.6) is 5.75 Å². The van der Waals surface area contributed by atoms with Gasteiger partial charge >= 0.3 is 0 Å². The largest absolute Gasteiger partial charge is 0.483 e. The number of hydrogen-bond acceptors (Lipinski definition) is 3. The maximum absolute atomic E-state index is 12.6. The van der Waals surface area contributed by atoms with Crippen LogP contribution in [0.2, 0.25) is 0 Å². The van der Waals surface area contributed by atoms with Crippen molar-refractivity contribution in [1.29, 1.82) is 0 Å². The Morgan fingerprint density at radius 3 is 2.52 bits per heavy atom. The molecule has 4 heteroatoms. The third-order valence-corrected chi connectivity index (χ3v) is 4.09. The predicted octanol–water partition coefficient (Wildman–Crippen LogP) is 3.47. The fraction of sp³-hybridized carbons (Fsp3) is 0.211. The number of fused-ring (bicyclic) bond motifs is 1. The van der Waals surface area contributed by atoms with Crippen LogP contribution in [0.3, 0.4) is 0 Å². The summed E-state index contributed by atoms with van der Waals surface area (Å²) in [5, 5.41) is 10.5. The standard InChI is InChI=1S/C19H19NO3/c1-13-7-3-6-10-18(13)23-12-19(22)20-14(2)16(11-21)15-8-4-5-9-17(15)20/h3-10,21H,11-12H2,1-2H3. The van der Waals surface area contributed by atoms with Gasteiger partial charge in [-0.25, -0.2) is 0 Å². The van der Waals surface area contributed by atoms with Crippen LogP contribution in [0.1, 0.15) is 21.6 Å². The SMILES string of the molecule is Cc1ccccc1OCC(=O)n1c(C)c(CO)c2ccccc21. The van der Waals surface area contributed by atoms with E-state index >= 15 is 0 Å². The lowest BCUT2D eigenvalue weighted by Gasteiger charge is -2.10. The lowest BCUT2D eigenvalue weighted by Crippen LogP contribution is -2.20. The topological polar surface area (TPSA) is 51.5 Å². The monoisotopic (exact) mass is 309 g/mol. The molecule has 0 fully saturated rings. The molecule has 0 aliphatic heterocycles. The summed E-state index contributed by atoms with van der Waals surface area (Å²) in [6, 6.07) is 15.2. The normalized spacial score (nSPS) is 10.9. The van der Waals surface area contributed by atoms with Crippen molar-refractivity contribution in [3.8, 4) is 5.75 Å². The fourth-order valence-electron chi connectivity index (χ4n) is 2.88. The predicted molar refractivity (Wildman–Crippen MR) is 89.9 cm³/mol. The van der Waals surface area contributed by atoms with Crippen molar-refractivity contribution < 1.29 is 14.6 Å². The van der Waals surface area contributed by atoms with Gasteiger partial charge in [-0.15, -0.1) is 0 Å². The summed E-state index contributed by atoms with van der Waals surface area (Å²) >= 11 is 0. The Hall–Kier alpha value is -2.59. The van der Waals surface area contributed by atoms with Gasteiger partial charge in [-0.1, -0.05) is 36.4 Å². The third kappa shape index (κ3) is 2.73. The van der Waals surface area contributed by atoms with Crippen molar-refractivity contribution in [2.24, 2.45) is 0 Å². The van der Waals surface area contributed by atoms with Crippen LogP contribution in [0.15, 0.2) is 48.5 Å². The van der Waals surface area contributed by atoms with Crippen LogP contribution < -0.4 is 4.74 Å². The highest BCUT2D eigenvalue weighted by atomic mass is 16.5. The first-order valence-corrected chi connectivity index (χ1v) is 7.55. The molecule has 3 aromatic rings. The van der Waals surface area contributed by atoms with Crippen molar-refractivity contribution in [3.63, 3.8) is 0 Å². The third-order valence-electron chi connectivity index (χ3n) is 4.09.